The van der Waals surface area contributed by atoms with Gasteiger partial charge in [-0.3, -0.25) is 4.90 Å². The molecule has 13 heavy (non-hydrogen) atoms. The van der Waals surface area contributed by atoms with Crippen LogP contribution in [0.25, 0.3) is 0 Å². The Morgan fingerprint density at radius 1 is 1.38 bits per heavy atom. The Bertz CT molecular complexity index is 169. The van der Waals surface area contributed by atoms with E-state index in [4.69, 9.17) is 0 Å². The van der Waals surface area contributed by atoms with Gasteiger partial charge in [0, 0.05) is 30.1 Å². The van der Waals surface area contributed by atoms with Gasteiger partial charge in [-0.25, -0.2) is 0 Å². The van der Waals surface area contributed by atoms with Gasteiger partial charge in [-0.2, -0.15) is 11.8 Å². The summed E-state index contributed by atoms with van der Waals surface area (Å²) in [5.74, 6) is 2.56. The van der Waals surface area contributed by atoms with Crippen molar-refractivity contribution < 1.29 is 0 Å². The Labute approximate surface area is 86.6 Å². The number of rotatable bonds is 3. The standard InChI is InChI=1S/C11H21NS/c1-5-9(2)6-12-10(3)7-13-8-11(12)4/h10-11H,2,5-8H2,1,3-4H3. The molecule has 0 saturated carbocycles. The fraction of sp³-hybridized carbons (Fsp3) is 0.818. The largest absolute Gasteiger partial charge is 0.292 e. The van der Waals surface area contributed by atoms with Crippen LogP contribution in [0.4, 0.5) is 0 Å². The van der Waals surface area contributed by atoms with Crippen LogP contribution < -0.4 is 0 Å². The highest BCUT2D eigenvalue weighted by atomic mass is 32.2. The van der Waals surface area contributed by atoms with E-state index in [0.29, 0.717) is 0 Å². The van der Waals surface area contributed by atoms with Crippen LogP contribution in [-0.4, -0.2) is 35.0 Å². The predicted molar refractivity (Wildman–Crippen MR) is 62.4 cm³/mol. The minimum atomic E-state index is 0.719. The van der Waals surface area contributed by atoms with E-state index in [2.05, 4.69) is 44.0 Å². The third-order valence-electron chi connectivity index (χ3n) is 2.76. The predicted octanol–water partition coefficient (Wildman–Crippen LogP) is 2.78. The third kappa shape index (κ3) is 3.03. The van der Waals surface area contributed by atoms with Crippen LogP contribution in [0, 0.1) is 0 Å². The molecule has 0 spiro atoms. The molecule has 0 radical (unpaired) electrons. The van der Waals surface area contributed by atoms with Gasteiger partial charge in [-0.1, -0.05) is 19.1 Å². The zero-order valence-electron chi connectivity index (χ0n) is 9.05. The molecule has 0 aromatic carbocycles. The first kappa shape index (κ1) is 11.1. The number of thioether (sulfide) groups is 1. The highest BCUT2D eigenvalue weighted by molar-refractivity contribution is 7.99. The summed E-state index contributed by atoms with van der Waals surface area (Å²) in [4.78, 5) is 2.59. The maximum atomic E-state index is 4.09. The monoisotopic (exact) mass is 199 g/mol. The van der Waals surface area contributed by atoms with E-state index in [1.54, 1.807) is 0 Å². The Morgan fingerprint density at radius 3 is 2.38 bits per heavy atom. The van der Waals surface area contributed by atoms with Gasteiger partial charge < -0.3 is 0 Å². The third-order valence-corrected chi connectivity index (χ3v) is 4.19. The van der Waals surface area contributed by atoms with Crippen molar-refractivity contribution in [3.05, 3.63) is 12.2 Å². The first-order valence-corrected chi connectivity index (χ1v) is 6.30. The summed E-state index contributed by atoms with van der Waals surface area (Å²) in [5.41, 5.74) is 1.37. The molecule has 2 atom stereocenters. The minimum absolute atomic E-state index is 0.719. The van der Waals surface area contributed by atoms with Crippen molar-refractivity contribution in [3.63, 3.8) is 0 Å². The van der Waals surface area contributed by atoms with E-state index >= 15 is 0 Å². The maximum Gasteiger partial charge on any atom is 0.0196 e. The fourth-order valence-corrected chi connectivity index (χ4v) is 2.92. The second kappa shape index (κ2) is 5.06. The highest BCUT2D eigenvalue weighted by Gasteiger charge is 2.24. The van der Waals surface area contributed by atoms with Gasteiger partial charge in [-0.05, 0) is 20.3 Å². The fourth-order valence-electron chi connectivity index (χ4n) is 1.72. The SMILES string of the molecule is C=C(CC)CN1C(C)CSCC1C. The Kier molecular flexibility index (Phi) is 4.33. The molecule has 0 aliphatic carbocycles. The summed E-state index contributed by atoms with van der Waals surface area (Å²) < 4.78 is 0. The Hall–Kier alpha value is 0.0500. The summed E-state index contributed by atoms with van der Waals surface area (Å²) in [6.07, 6.45) is 1.11. The summed E-state index contributed by atoms with van der Waals surface area (Å²) in [7, 11) is 0. The molecule has 76 valence electrons. The van der Waals surface area contributed by atoms with Crippen LogP contribution in [0.2, 0.25) is 0 Å². The number of nitrogens with zero attached hydrogens (tertiary/aromatic N) is 1. The van der Waals surface area contributed by atoms with E-state index in [1.165, 1.54) is 17.1 Å². The van der Waals surface area contributed by atoms with Gasteiger partial charge in [0.25, 0.3) is 0 Å². The van der Waals surface area contributed by atoms with Crippen LogP contribution in [0.1, 0.15) is 27.2 Å². The molecule has 2 heteroatoms. The molecular weight excluding hydrogens is 178 g/mol. The van der Waals surface area contributed by atoms with Gasteiger partial charge in [0.2, 0.25) is 0 Å². The van der Waals surface area contributed by atoms with Gasteiger partial charge in [0.05, 0.1) is 0 Å². The molecule has 1 aliphatic heterocycles. The zero-order valence-corrected chi connectivity index (χ0v) is 9.86. The molecule has 1 saturated heterocycles. The molecule has 0 bridgehead atoms. The molecule has 1 aliphatic rings. The first-order valence-electron chi connectivity index (χ1n) is 5.15. The smallest absolute Gasteiger partial charge is 0.0196 e. The maximum absolute atomic E-state index is 4.09. The van der Waals surface area contributed by atoms with Crippen LogP contribution in [0.15, 0.2) is 12.2 Å². The van der Waals surface area contributed by atoms with Crippen LogP contribution in [0.5, 0.6) is 0 Å². The van der Waals surface area contributed by atoms with Crippen molar-refractivity contribution in [1.29, 1.82) is 0 Å². The van der Waals surface area contributed by atoms with Crippen molar-refractivity contribution in [2.75, 3.05) is 18.1 Å². The quantitative estimate of drug-likeness (QED) is 0.643. The Morgan fingerprint density at radius 2 is 1.92 bits per heavy atom. The topological polar surface area (TPSA) is 3.24 Å². The molecular formula is C11H21NS. The molecule has 1 heterocycles. The lowest BCUT2D eigenvalue weighted by Crippen LogP contribution is -2.47. The van der Waals surface area contributed by atoms with Crippen molar-refractivity contribution in [2.45, 2.75) is 39.3 Å². The van der Waals surface area contributed by atoms with Gasteiger partial charge in [0.1, 0.15) is 0 Å². The normalized spacial score (nSPS) is 30.4. The number of hydrogen-bond acceptors (Lipinski definition) is 2. The van der Waals surface area contributed by atoms with Gasteiger partial charge in [0.15, 0.2) is 0 Å². The molecule has 0 aromatic heterocycles. The van der Waals surface area contributed by atoms with Crippen molar-refractivity contribution in [3.8, 4) is 0 Å². The summed E-state index contributed by atoms with van der Waals surface area (Å²) in [5, 5.41) is 0. The molecule has 2 unspecified atom stereocenters. The van der Waals surface area contributed by atoms with Gasteiger partial charge >= 0.3 is 0 Å². The van der Waals surface area contributed by atoms with Crippen molar-refractivity contribution in [2.24, 2.45) is 0 Å². The summed E-state index contributed by atoms with van der Waals surface area (Å²) in [6.45, 7) is 12.0. The van der Waals surface area contributed by atoms with Crippen LogP contribution in [0.3, 0.4) is 0 Å². The van der Waals surface area contributed by atoms with E-state index < -0.39 is 0 Å². The number of hydrogen-bond donors (Lipinski definition) is 0. The lowest BCUT2D eigenvalue weighted by Gasteiger charge is -2.38. The average molecular weight is 199 g/mol. The van der Waals surface area contributed by atoms with Crippen LogP contribution in [-0.2, 0) is 0 Å². The van der Waals surface area contributed by atoms with Crippen molar-refractivity contribution >= 4 is 11.8 Å². The second-order valence-electron chi connectivity index (χ2n) is 4.01. The lowest BCUT2D eigenvalue weighted by atomic mass is 10.1. The zero-order chi connectivity index (χ0) is 9.84. The van der Waals surface area contributed by atoms with E-state index in [1.807, 2.05) is 0 Å². The summed E-state index contributed by atoms with van der Waals surface area (Å²) >= 11 is 2.08. The average Bonchev–Trinajstić information content (AvgIpc) is 2.11. The molecule has 0 N–H and O–H groups in total. The van der Waals surface area contributed by atoms with E-state index in [0.717, 1.165) is 25.0 Å². The molecule has 0 amide bonds. The van der Waals surface area contributed by atoms with E-state index in [-0.39, 0.29) is 0 Å². The Balaban J connectivity index is 2.48. The van der Waals surface area contributed by atoms with Crippen LogP contribution >= 0.6 is 11.8 Å². The van der Waals surface area contributed by atoms with Gasteiger partial charge in [-0.15, -0.1) is 0 Å². The molecule has 0 aromatic rings. The molecule has 1 nitrogen and oxygen atoms in total. The minimum Gasteiger partial charge on any atom is -0.292 e. The molecule has 1 fully saturated rings. The second-order valence-corrected chi connectivity index (χ2v) is 5.09. The van der Waals surface area contributed by atoms with Crippen molar-refractivity contribution in [1.82, 2.24) is 4.90 Å². The summed E-state index contributed by atoms with van der Waals surface area (Å²) in [6, 6.07) is 1.44. The lowest BCUT2D eigenvalue weighted by molar-refractivity contribution is 0.189. The first-order chi connectivity index (χ1) is 6.15. The molecule has 1 rings (SSSR count). The van der Waals surface area contributed by atoms with E-state index in [9.17, 15) is 0 Å². The highest BCUT2D eigenvalue weighted by Crippen LogP contribution is 2.22.